The zero-order valence-corrected chi connectivity index (χ0v) is 12.8. The lowest BCUT2D eigenvalue weighted by Crippen LogP contribution is -2.49. The molecule has 0 atom stereocenters. The zero-order chi connectivity index (χ0) is 15.9. The van der Waals surface area contributed by atoms with Gasteiger partial charge in [-0.1, -0.05) is 17.7 Å². The van der Waals surface area contributed by atoms with Gasteiger partial charge in [-0.15, -0.1) is 0 Å². The van der Waals surface area contributed by atoms with Crippen molar-refractivity contribution in [3.05, 3.63) is 35.4 Å². The van der Waals surface area contributed by atoms with E-state index in [2.05, 4.69) is 10.6 Å². The summed E-state index contributed by atoms with van der Waals surface area (Å²) < 4.78 is 12.0. The molecule has 0 aromatic heterocycles. The maximum absolute atomic E-state index is 12.4. The van der Waals surface area contributed by atoms with Gasteiger partial charge < -0.3 is 15.5 Å². The largest absolute Gasteiger partial charge is 0.338 e. The van der Waals surface area contributed by atoms with Gasteiger partial charge in [0.25, 0.3) is 5.91 Å². The van der Waals surface area contributed by atoms with E-state index in [0.717, 1.165) is 5.56 Å². The van der Waals surface area contributed by atoms with Gasteiger partial charge in [0.15, 0.2) is 0 Å². The van der Waals surface area contributed by atoms with Gasteiger partial charge in [-0.05, 0) is 31.9 Å². The lowest BCUT2D eigenvalue weighted by Gasteiger charge is -2.32. The Morgan fingerprint density at radius 2 is 1.86 bits per heavy atom. The molecule has 1 heterocycles. The number of carbonyl (C=O) groups excluding carboxylic acids is 2. The van der Waals surface area contributed by atoms with Crippen LogP contribution in [-0.2, 0) is 0 Å². The molecule has 0 saturated carbocycles. The van der Waals surface area contributed by atoms with Gasteiger partial charge in [0.05, 0.1) is 0 Å². The molecule has 0 aliphatic carbocycles. The Bertz CT molecular complexity index is 511. The van der Waals surface area contributed by atoms with Crippen molar-refractivity contribution in [1.82, 2.24) is 15.5 Å². The van der Waals surface area contributed by atoms with Crippen LogP contribution < -0.4 is 10.6 Å². The van der Waals surface area contributed by atoms with Crippen LogP contribution in [-0.4, -0.2) is 49.2 Å². The third-order valence-electron chi connectivity index (χ3n) is 3.80. The minimum atomic E-state index is -0.573. The van der Waals surface area contributed by atoms with Crippen LogP contribution in [0.3, 0.4) is 0 Å². The molecule has 0 spiro atoms. The summed E-state index contributed by atoms with van der Waals surface area (Å²) in [7, 11) is 0. The third kappa shape index (κ3) is 4.44. The fraction of sp³-hybridized carbons (Fsp3) is 0.500. The van der Waals surface area contributed by atoms with Gasteiger partial charge in [-0.2, -0.15) is 0 Å². The van der Waals surface area contributed by atoms with Crippen LogP contribution in [0.1, 0.15) is 28.8 Å². The summed E-state index contributed by atoms with van der Waals surface area (Å²) in [6.07, 6.45) is 1.42. The molecule has 2 rings (SSSR count). The normalized spacial score (nSPS) is 15.5. The van der Waals surface area contributed by atoms with Gasteiger partial charge in [0, 0.05) is 31.2 Å². The molecule has 22 heavy (non-hydrogen) atoms. The van der Waals surface area contributed by atoms with Gasteiger partial charge in [-0.25, -0.2) is 9.18 Å². The molecule has 2 N–H and O–H groups in total. The van der Waals surface area contributed by atoms with Crippen LogP contribution in [0.2, 0.25) is 0 Å². The van der Waals surface area contributed by atoms with Crippen molar-refractivity contribution in [2.75, 3.05) is 26.3 Å². The molecule has 0 bridgehead atoms. The first kappa shape index (κ1) is 16.3. The molecular formula is C16H22FN3O2. The first-order chi connectivity index (χ1) is 10.6. The maximum Gasteiger partial charge on any atom is 0.315 e. The average molecular weight is 307 g/mol. The molecule has 5 nitrogen and oxygen atoms in total. The van der Waals surface area contributed by atoms with Crippen molar-refractivity contribution < 1.29 is 14.0 Å². The number of benzene rings is 1. The van der Waals surface area contributed by atoms with Crippen molar-refractivity contribution in [2.24, 2.45) is 0 Å². The van der Waals surface area contributed by atoms with Crippen LogP contribution in [0.25, 0.3) is 0 Å². The monoisotopic (exact) mass is 307 g/mol. The summed E-state index contributed by atoms with van der Waals surface area (Å²) in [6, 6.07) is 7.22. The van der Waals surface area contributed by atoms with E-state index < -0.39 is 6.67 Å². The number of rotatable bonds is 4. The van der Waals surface area contributed by atoms with Crippen molar-refractivity contribution in [1.29, 1.82) is 0 Å². The van der Waals surface area contributed by atoms with Crippen LogP contribution in [0.15, 0.2) is 24.3 Å². The Kier molecular flexibility index (Phi) is 5.75. The summed E-state index contributed by atoms with van der Waals surface area (Å²) in [6.45, 7) is 2.66. The summed E-state index contributed by atoms with van der Waals surface area (Å²) in [5, 5.41) is 5.24. The highest BCUT2D eigenvalue weighted by Crippen LogP contribution is 2.14. The fourth-order valence-corrected chi connectivity index (χ4v) is 2.50. The van der Waals surface area contributed by atoms with E-state index in [0.29, 0.717) is 31.5 Å². The van der Waals surface area contributed by atoms with Crippen LogP contribution in [0.5, 0.6) is 0 Å². The molecule has 1 aromatic carbocycles. The van der Waals surface area contributed by atoms with E-state index >= 15 is 0 Å². The Balaban J connectivity index is 1.80. The highest BCUT2D eigenvalue weighted by atomic mass is 19.1. The molecule has 0 unspecified atom stereocenters. The molecule has 0 radical (unpaired) electrons. The number of nitrogens with one attached hydrogen (secondary N) is 2. The molecule has 1 aliphatic rings. The number of alkyl halides is 1. The predicted octanol–water partition coefficient (Wildman–Crippen LogP) is 1.87. The number of likely N-dealkylation sites (tertiary alicyclic amines) is 1. The van der Waals surface area contributed by atoms with Crippen molar-refractivity contribution in [2.45, 2.75) is 25.8 Å². The van der Waals surface area contributed by atoms with E-state index in [9.17, 15) is 14.0 Å². The van der Waals surface area contributed by atoms with Gasteiger partial charge in [-0.3, -0.25) is 4.79 Å². The first-order valence-electron chi connectivity index (χ1n) is 7.56. The molecule has 1 aliphatic heterocycles. The molecular weight excluding hydrogens is 285 g/mol. The number of aryl methyl sites for hydroxylation is 1. The van der Waals surface area contributed by atoms with Crippen molar-refractivity contribution >= 4 is 11.9 Å². The molecule has 1 fully saturated rings. The second kappa shape index (κ2) is 7.77. The molecule has 3 amide bonds. The number of nitrogens with zero attached hydrogens (tertiary/aromatic N) is 1. The summed E-state index contributed by atoms with van der Waals surface area (Å²) in [4.78, 5) is 25.6. The standard InChI is InChI=1S/C16H22FN3O2/c1-12-2-4-13(5-3-12)15(21)20-10-6-14(7-11-20)19-16(22)18-9-8-17/h2-5,14H,6-11H2,1H3,(H2,18,19,22). The number of hydrogen-bond donors (Lipinski definition) is 2. The van der Waals surface area contributed by atoms with Crippen molar-refractivity contribution in [3.63, 3.8) is 0 Å². The van der Waals surface area contributed by atoms with E-state index in [-0.39, 0.29) is 24.5 Å². The third-order valence-corrected chi connectivity index (χ3v) is 3.80. The smallest absolute Gasteiger partial charge is 0.315 e. The topological polar surface area (TPSA) is 61.4 Å². The summed E-state index contributed by atoms with van der Waals surface area (Å²) in [5.41, 5.74) is 1.82. The Hall–Kier alpha value is -2.11. The average Bonchev–Trinajstić information content (AvgIpc) is 2.54. The highest BCUT2D eigenvalue weighted by Gasteiger charge is 2.24. The van der Waals surface area contributed by atoms with E-state index in [4.69, 9.17) is 0 Å². The molecule has 6 heteroatoms. The van der Waals surface area contributed by atoms with Crippen LogP contribution in [0.4, 0.5) is 9.18 Å². The molecule has 1 saturated heterocycles. The number of halogens is 1. The predicted molar refractivity (Wildman–Crippen MR) is 82.6 cm³/mol. The van der Waals surface area contributed by atoms with E-state index in [1.165, 1.54) is 0 Å². The van der Waals surface area contributed by atoms with Crippen LogP contribution in [0, 0.1) is 6.92 Å². The Labute approximate surface area is 129 Å². The number of hydrogen-bond acceptors (Lipinski definition) is 2. The summed E-state index contributed by atoms with van der Waals surface area (Å²) >= 11 is 0. The number of urea groups is 1. The zero-order valence-electron chi connectivity index (χ0n) is 12.8. The molecule has 120 valence electrons. The molecule has 1 aromatic rings. The quantitative estimate of drug-likeness (QED) is 0.892. The van der Waals surface area contributed by atoms with Crippen LogP contribution >= 0.6 is 0 Å². The van der Waals surface area contributed by atoms with Gasteiger partial charge >= 0.3 is 6.03 Å². The number of amides is 3. The summed E-state index contributed by atoms with van der Waals surface area (Å²) in [5.74, 6) is 0.0281. The SMILES string of the molecule is Cc1ccc(C(=O)N2CCC(NC(=O)NCCF)CC2)cc1. The Morgan fingerprint density at radius 3 is 2.45 bits per heavy atom. The lowest BCUT2D eigenvalue weighted by molar-refractivity contribution is 0.0708. The van der Waals surface area contributed by atoms with Gasteiger partial charge in [0.2, 0.25) is 0 Å². The van der Waals surface area contributed by atoms with E-state index in [1.54, 1.807) is 0 Å². The minimum absolute atomic E-state index is 0.0244. The highest BCUT2D eigenvalue weighted by molar-refractivity contribution is 5.94. The minimum Gasteiger partial charge on any atom is -0.338 e. The Morgan fingerprint density at radius 1 is 1.23 bits per heavy atom. The second-order valence-electron chi connectivity index (χ2n) is 5.52. The lowest BCUT2D eigenvalue weighted by atomic mass is 10.0. The van der Waals surface area contributed by atoms with Crippen molar-refractivity contribution in [3.8, 4) is 0 Å². The number of carbonyl (C=O) groups is 2. The van der Waals surface area contributed by atoms with Gasteiger partial charge in [0.1, 0.15) is 6.67 Å². The fourth-order valence-electron chi connectivity index (χ4n) is 2.50. The second-order valence-corrected chi connectivity index (χ2v) is 5.52. The first-order valence-corrected chi connectivity index (χ1v) is 7.56. The maximum atomic E-state index is 12.4. The number of piperidine rings is 1. The van der Waals surface area contributed by atoms with E-state index in [1.807, 2.05) is 36.1 Å².